The molecule has 0 saturated heterocycles. The van der Waals surface area contributed by atoms with E-state index in [9.17, 15) is 4.79 Å². The summed E-state index contributed by atoms with van der Waals surface area (Å²) in [4.78, 5) is 11.9. The molecule has 1 N–H and O–H groups in total. The second-order valence-electron chi connectivity index (χ2n) is 3.43. The maximum Gasteiger partial charge on any atom is 0.267 e. The molecule has 0 spiro atoms. The largest absolute Gasteiger partial charge is 0.351 e. The normalized spacial score (nSPS) is 10.9. The van der Waals surface area contributed by atoms with Crippen molar-refractivity contribution in [1.82, 2.24) is 9.88 Å². The van der Waals surface area contributed by atoms with Gasteiger partial charge in [0.1, 0.15) is 5.69 Å². The summed E-state index contributed by atoms with van der Waals surface area (Å²) in [5, 5.41) is 4.89. The second kappa shape index (κ2) is 4.59. The van der Waals surface area contributed by atoms with Crippen molar-refractivity contribution in [3.8, 4) is 0 Å². The fourth-order valence-corrected chi connectivity index (χ4v) is 3.49. The molecule has 0 unspecified atom stereocenters. The molecule has 0 aliphatic carbocycles. The van der Waals surface area contributed by atoms with Gasteiger partial charge in [-0.3, -0.25) is 4.79 Å². The summed E-state index contributed by atoms with van der Waals surface area (Å²) >= 11 is 5.17. The van der Waals surface area contributed by atoms with Crippen LogP contribution < -0.4 is 5.32 Å². The van der Waals surface area contributed by atoms with Gasteiger partial charge in [-0.1, -0.05) is 0 Å². The Morgan fingerprint density at radius 3 is 2.94 bits per heavy atom. The minimum absolute atomic E-state index is 0.000324. The summed E-state index contributed by atoms with van der Waals surface area (Å²) in [7, 11) is 0. The van der Waals surface area contributed by atoms with Crippen LogP contribution in [-0.2, 0) is 6.54 Å². The molecule has 0 radical (unpaired) electrons. The van der Waals surface area contributed by atoms with Crippen molar-refractivity contribution in [3.05, 3.63) is 21.6 Å². The Hall–Kier alpha value is -0.810. The standard InChI is InChI=1S/C11H13BrN2OS/c1-3-13-11(15)8-5-9-10(14(8)4-2)7(12)6-16-9/h5-6H,3-4H2,1-2H3,(H,13,15). The summed E-state index contributed by atoms with van der Waals surface area (Å²) < 4.78 is 4.25. The van der Waals surface area contributed by atoms with Gasteiger partial charge in [0.05, 0.1) is 14.7 Å². The van der Waals surface area contributed by atoms with E-state index >= 15 is 0 Å². The van der Waals surface area contributed by atoms with E-state index in [0.717, 1.165) is 26.9 Å². The zero-order valence-corrected chi connectivity index (χ0v) is 11.6. The average Bonchev–Trinajstić information content (AvgIpc) is 2.79. The molecule has 3 nitrogen and oxygen atoms in total. The van der Waals surface area contributed by atoms with Gasteiger partial charge in [0.15, 0.2) is 0 Å². The smallest absolute Gasteiger partial charge is 0.267 e. The number of halogens is 1. The van der Waals surface area contributed by atoms with Gasteiger partial charge in [-0.15, -0.1) is 11.3 Å². The third-order valence-electron chi connectivity index (χ3n) is 2.46. The van der Waals surface area contributed by atoms with Crippen molar-refractivity contribution in [2.24, 2.45) is 0 Å². The zero-order valence-electron chi connectivity index (χ0n) is 9.21. The van der Waals surface area contributed by atoms with Gasteiger partial charge in [-0.2, -0.15) is 0 Å². The lowest BCUT2D eigenvalue weighted by Crippen LogP contribution is -2.25. The van der Waals surface area contributed by atoms with E-state index in [-0.39, 0.29) is 5.91 Å². The summed E-state index contributed by atoms with van der Waals surface area (Å²) in [5.74, 6) is -0.000324. The van der Waals surface area contributed by atoms with E-state index in [1.165, 1.54) is 0 Å². The highest BCUT2D eigenvalue weighted by Gasteiger charge is 2.16. The molecule has 5 heteroatoms. The van der Waals surface area contributed by atoms with Crippen LogP contribution >= 0.6 is 27.3 Å². The van der Waals surface area contributed by atoms with Crippen LogP contribution in [0.2, 0.25) is 0 Å². The quantitative estimate of drug-likeness (QED) is 0.928. The number of nitrogens with one attached hydrogen (secondary N) is 1. The molecule has 86 valence electrons. The van der Waals surface area contributed by atoms with E-state index in [2.05, 4.69) is 26.6 Å². The van der Waals surface area contributed by atoms with Crippen LogP contribution in [0, 0.1) is 0 Å². The number of carbonyl (C=O) groups excluding carboxylic acids is 1. The molecule has 0 atom stereocenters. The molecule has 0 saturated carbocycles. The molecule has 16 heavy (non-hydrogen) atoms. The lowest BCUT2D eigenvalue weighted by atomic mass is 10.4. The minimum atomic E-state index is -0.000324. The van der Waals surface area contributed by atoms with E-state index in [1.54, 1.807) is 11.3 Å². The number of fused-ring (bicyclic) bond motifs is 1. The third kappa shape index (κ3) is 1.78. The first kappa shape index (κ1) is 11.7. The van der Waals surface area contributed by atoms with Crippen LogP contribution in [0.4, 0.5) is 0 Å². The summed E-state index contributed by atoms with van der Waals surface area (Å²) in [5.41, 5.74) is 1.86. The van der Waals surface area contributed by atoms with Crippen LogP contribution in [0.5, 0.6) is 0 Å². The molecule has 0 aromatic carbocycles. The molecular formula is C11H13BrN2OS. The molecule has 1 amide bonds. The van der Waals surface area contributed by atoms with Gasteiger partial charge >= 0.3 is 0 Å². The predicted molar refractivity (Wildman–Crippen MR) is 71.2 cm³/mol. The first-order valence-electron chi connectivity index (χ1n) is 5.23. The van der Waals surface area contributed by atoms with Crippen LogP contribution in [0.3, 0.4) is 0 Å². The summed E-state index contributed by atoms with van der Waals surface area (Å²) in [6, 6.07) is 1.96. The molecule has 2 aromatic heterocycles. The number of thiophene rings is 1. The molecule has 2 rings (SSSR count). The number of aromatic nitrogens is 1. The van der Waals surface area contributed by atoms with Gasteiger partial charge in [0, 0.05) is 18.5 Å². The summed E-state index contributed by atoms with van der Waals surface area (Å²) in [6.07, 6.45) is 0. The number of nitrogens with zero attached hydrogens (tertiary/aromatic N) is 1. The van der Waals surface area contributed by atoms with Crippen molar-refractivity contribution >= 4 is 43.4 Å². The molecule has 0 bridgehead atoms. The first-order chi connectivity index (χ1) is 7.69. The highest BCUT2D eigenvalue weighted by molar-refractivity contribution is 9.10. The van der Waals surface area contributed by atoms with Crippen molar-refractivity contribution < 1.29 is 4.79 Å². The summed E-state index contributed by atoms with van der Waals surface area (Å²) in [6.45, 7) is 5.43. The Morgan fingerprint density at radius 1 is 1.56 bits per heavy atom. The number of carbonyl (C=O) groups is 1. The lowest BCUT2D eigenvalue weighted by molar-refractivity contribution is 0.0947. The highest BCUT2D eigenvalue weighted by Crippen LogP contribution is 2.33. The van der Waals surface area contributed by atoms with E-state index in [1.807, 2.05) is 24.5 Å². The lowest BCUT2D eigenvalue weighted by Gasteiger charge is -2.07. The van der Waals surface area contributed by atoms with Crippen LogP contribution in [0.25, 0.3) is 10.2 Å². The van der Waals surface area contributed by atoms with E-state index in [0.29, 0.717) is 6.54 Å². The van der Waals surface area contributed by atoms with Gasteiger partial charge in [0.25, 0.3) is 5.91 Å². The van der Waals surface area contributed by atoms with E-state index in [4.69, 9.17) is 0 Å². The van der Waals surface area contributed by atoms with Crippen molar-refractivity contribution in [3.63, 3.8) is 0 Å². The maximum atomic E-state index is 11.9. The second-order valence-corrected chi connectivity index (χ2v) is 5.20. The predicted octanol–water partition coefficient (Wildman–Crippen LogP) is 3.23. The first-order valence-corrected chi connectivity index (χ1v) is 6.90. The van der Waals surface area contributed by atoms with Gasteiger partial charge in [-0.05, 0) is 35.8 Å². The Labute approximate surface area is 107 Å². The highest BCUT2D eigenvalue weighted by atomic mass is 79.9. The van der Waals surface area contributed by atoms with Gasteiger partial charge in [0.2, 0.25) is 0 Å². The van der Waals surface area contributed by atoms with Gasteiger partial charge in [-0.25, -0.2) is 0 Å². The molecular weight excluding hydrogens is 288 g/mol. The number of hydrogen-bond donors (Lipinski definition) is 1. The Morgan fingerprint density at radius 2 is 2.31 bits per heavy atom. The zero-order chi connectivity index (χ0) is 11.7. The third-order valence-corrected chi connectivity index (χ3v) is 4.29. The van der Waals surface area contributed by atoms with E-state index < -0.39 is 0 Å². The maximum absolute atomic E-state index is 11.9. The Balaban J connectivity index is 2.57. The molecule has 2 heterocycles. The van der Waals surface area contributed by atoms with Crippen LogP contribution in [0.1, 0.15) is 24.3 Å². The minimum Gasteiger partial charge on any atom is -0.351 e. The monoisotopic (exact) mass is 300 g/mol. The fraction of sp³-hybridized carbons (Fsp3) is 0.364. The average molecular weight is 301 g/mol. The topological polar surface area (TPSA) is 34.0 Å². The molecule has 0 aliphatic heterocycles. The molecule has 0 aliphatic rings. The van der Waals surface area contributed by atoms with Crippen molar-refractivity contribution in [2.45, 2.75) is 20.4 Å². The number of rotatable bonds is 3. The van der Waals surface area contributed by atoms with Crippen molar-refractivity contribution in [1.29, 1.82) is 0 Å². The molecule has 2 aromatic rings. The van der Waals surface area contributed by atoms with Gasteiger partial charge < -0.3 is 9.88 Å². The number of hydrogen-bond acceptors (Lipinski definition) is 2. The SMILES string of the molecule is CCNC(=O)c1cc2scc(Br)c2n1CC. The van der Waals surface area contributed by atoms with Crippen LogP contribution in [-0.4, -0.2) is 17.0 Å². The van der Waals surface area contributed by atoms with Crippen LogP contribution in [0.15, 0.2) is 15.9 Å². The fourth-order valence-electron chi connectivity index (χ4n) is 1.80. The number of aryl methyl sites for hydroxylation is 1. The number of amides is 1. The molecule has 0 fully saturated rings. The Kier molecular flexibility index (Phi) is 3.35. The van der Waals surface area contributed by atoms with Crippen molar-refractivity contribution in [2.75, 3.05) is 6.54 Å². The Bertz CT molecular complexity index is 529.